The third kappa shape index (κ3) is 5.07. The molecule has 0 bridgehead atoms. The van der Waals surface area contributed by atoms with Crippen LogP contribution in [0.5, 0.6) is 11.5 Å². The van der Waals surface area contributed by atoms with Crippen LogP contribution in [-0.4, -0.2) is 69.8 Å². The largest absolute Gasteiger partial charge is 0.454 e. The Morgan fingerprint density at radius 2 is 1.74 bits per heavy atom. The molecular weight excluding hydrogens is 594 g/mol. The van der Waals surface area contributed by atoms with Gasteiger partial charge in [0.15, 0.2) is 11.5 Å². The van der Waals surface area contributed by atoms with Gasteiger partial charge in [0.1, 0.15) is 0 Å². The maximum atomic E-state index is 14.0. The zero-order chi connectivity index (χ0) is 28.8. The highest BCUT2D eigenvalue weighted by Gasteiger charge is 2.26. The summed E-state index contributed by atoms with van der Waals surface area (Å²) in [6.45, 7) is 6.73. The number of benzene rings is 3. The van der Waals surface area contributed by atoms with E-state index in [1.165, 1.54) is 0 Å². The van der Waals surface area contributed by atoms with Gasteiger partial charge < -0.3 is 28.4 Å². The van der Waals surface area contributed by atoms with Gasteiger partial charge in [-0.2, -0.15) is 0 Å². The summed E-state index contributed by atoms with van der Waals surface area (Å²) in [5.74, 6) is 1.62. The van der Waals surface area contributed by atoms with E-state index in [0.717, 1.165) is 86.6 Å². The summed E-state index contributed by atoms with van der Waals surface area (Å²) in [5.41, 5.74) is 5.87. The fraction of sp³-hybridized carbons (Fsp3) is 0.273. The number of halogens is 1. The van der Waals surface area contributed by atoms with Crippen LogP contribution in [0.15, 0.2) is 77.8 Å². The number of carbonyl (C=O) groups is 1. The molecule has 4 heterocycles. The van der Waals surface area contributed by atoms with E-state index >= 15 is 0 Å². The number of aromatic nitrogens is 3. The van der Waals surface area contributed by atoms with Gasteiger partial charge in [-0.1, -0.05) is 46.3 Å². The first-order chi connectivity index (χ1) is 20.4. The second kappa shape index (κ2) is 11.0. The molecule has 9 heteroatoms. The quantitative estimate of drug-likeness (QED) is 0.239. The van der Waals surface area contributed by atoms with Crippen molar-refractivity contribution >= 4 is 32.6 Å². The van der Waals surface area contributed by atoms with Crippen molar-refractivity contribution in [2.24, 2.45) is 0 Å². The van der Waals surface area contributed by atoms with Gasteiger partial charge in [-0.05, 0) is 60.1 Å². The lowest BCUT2D eigenvalue weighted by atomic mass is 9.97. The van der Waals surface area contributed by atoms with Crippen molar-refractivity contribution in [1.29, 1.82) is 0 Å². The number of hydrogen-bond donors (Lipinski definition) is 0. The highest BCUT2D eigenvalue weighted by Crippen LogP contribution is 2.36. The van der Waals surface area contributed by atoms with E-state index in [2.05, 4.69) is 84.6 Å². The molecule has 42 heavy (non-hydrogen) atoms. The van der Waals surface area contributed by atoms with Crippen molar-refractivity contribution in [1.82, 2.24) is 23.9 Å². The molecule has 0 N–H and O–H groups in total. The Kier molecular flexibility index (Phi) is 6.99. The molecule has 0 spiro atoms. The molecule has 3 aromatic carbocycles. The number of hydrogen-bond acceptors (Lipinski definition) is 5. The predicted octanol–water partition coefficient (Wildman–Crippen LogP) is 5.79. The Morgan fingerprint density at radius 3 is 2.60 bits per heavy atom. The number of piperazine rings is 1. The van der Waals surface area contributed by atoms with Crippen LogP contribution in [0.25, 0.3) is 21.9 Å². The summed E-state index contributed by atoms with van der Waals surface area (Å²) in [7, 11) is 2.10. The second-order valence-corrected chi connectivity index (χ2v) is 12.0. The Labute approximate surface area is 253 Å². The van der Waals surface area contributed by atoms with Gasteiger partial charge in [-0.25, -0.2) is 4.98 Å². The molecule has 8 nitrogen and oxygen atoms in total. The normalized spacial score (nSPS) is 15.1. The summed E-state index contributed by atoms with van der Waals surface area (Å²) in [5, 5.41) is 2.25. The number of imidazole rings is 1. The minimum Gasteiger partial charge on any atom is -0.454 e. The zero-order valence-corrected chi connectivity index (χ0v) is 25.3. The fourth-order valence-corrected chi connectivity index (χ4v) is 6.40. The molecule has 0 radical (unpaired) electrons. The van der Waals surface area contributed by atoms with Gasteiger partial charge >= 0.3 is 0 Å². The molecule has 1 fully saturated rings. The number of likely N-dealkylation sites (N-methyl/N-ethyl adjacent to an activating group) is 1. The maximum Gasteiger partial charge on any atom is 0.256 e. The molecule has 0 unspecified atom stereocenters. The van der Waals surface area contributed by atoms with E-state index in [0.29, 0.717) is 13.1 Å². The van der Waals surface area contributed by atoms with Crippen LogP contribution >= 0.6 is 15.9 Å². The average molecular weight is 627 g/mol. The fourth-order valence-electron chi connectivity index (χ4n) is 5.92. The third-order valence-corrected chi connectivity index (χ3v) is 8.75. The highest BCUT2D eigenvalue weighted by molar-refractivity contribution is 9.10. The smallest absolute Gasteiger partial charge is 0.256 e. The maximum absolute atomic E-state index is 14.0. The molecule has 1 amide bonds. The minimum absolute atomic E-state index is 0.0755. The van der Waals surface area contributed by atoms with E-state index in [9.17, 15) is 4.79 Å². The van der Waals surface area contributed by atoms with Crippen LogP contribution in [0.2, 0.25) is 0 Å². The molecule has 1 saturated heterocycles. The summed E-state index contributed by atoms with van der Waals surface area (Å²) < 4.78 is 16.4. The van der Waals surface area contributed by atoms with Crippen LogP contribution < -0.4 is 9.47 Å². The van der Waals surface area contributed by atoms with Crippen LogP contribution in [0.3, 0.4) is 0 Å². The first kappa shape index (κ1) is 26.8. The van der Waals surface area contributed by atoms with Crippen molar-refractivity contribution in [2.45, 2.75) is 20.0 Å². The number of amides is 1. The summed E-state index contributed by atoms with van der Waals surface area (Å²) in [6, 6.07) is 18.6. The summed E-state index contributed by atoms with van der Waals surface area (Å²) >= 11 is 3.71. The third-order valence-electron chi connectivity index (χ3n) is 8.30. The molecule has 2 aromatic heterocycles. The van der Waals surface area contributed by atoms with Gasteiger partial charge in [-0.15, -0.1) is 0 Å². The molecule has 7 rings (SSSR count). The molecule has 2 aliphatic rings. The van der Waals surface area contributed by atoms with Crippen LogP contribution in [0, 0.1) is 6.92 Å². The van der Waals surface area contributed by atoms with E-state index < -0.39 is 0 Å². The van der Waals surface area contributed by atoms with Gasteiger partial charge in [0.25, 0.3) is 5.91 Å². The van der Waals surface area contributed by atoms with Crippen molar-refractivity contribution < 1.29 is 14.3 Å². The van der Waals surface area contributed by atoms with Crippen LogP contribution in [0.1, 0.15) is 27.3 Å². The topological polar surface area (TPSA) is 64.8 Å². The van der Waals surface area contributed by atoms with Gasteiger partial charge in [0, 0.05) is 55.2 Å². The Hall–Kier alpha value is -4.08. The number of aryl methyl sites for hydroxylation is 1. The monoisotopic (exact) mass is 625 g/mol. The number of fused-ring (bicyclic) bond motifs is 2. The molecular formula is C33H32BrN5O3. The lowest BCUT2D eigenvalue weighted by molar-refractivity contribution is 0.0665. The van der Waals surface area contributed by atoms with Crippen LogP contribution in [-0.2, 0) is 13.1 Å². The van der Waals surface area contributed by atoms with Crippen molar-refractivity contribution in [3.05, 3.63) is 100 Å². The van der Waals surface area contributed by atoms with Crippen molar-refractivity contribution in [2.75, 3.05) is 40.0 Å². The standard InChI is InChI=1S/C33H32BrN5O3/c1-22-30(39(20-35-22)16-23-7-8-31-32(13-23)42-21-41-31)19-37-17-28(27-15-25(34)14-24-5-3-4-6-26(24)27)29(18-37)33(40)38-11-9-36(2)10-12-38/h3-8,13-15,17-18,20H,9-12,16,19,21H2,1-2H3. The molecule has 0 aliphatic carbocycles. The predicted molar refractivity (Wildman–Crippen MR) is 166 cm³/mol. The second-order valence-electron chi connectivity index (χ2n) is 11.1. The van der Waals surface area contributed by atoms with E-state index in [4.69, 9.17) is 9.47 Å². The van der Waals surface area contributed by atoms with Crippen molar-refractivity contribution in [3.63, 3.8) is 0 Å². The number of rotatable bonds is 6. The molecule has 214 valence electrons. The van der Waals surface area contributed by atoms with Gasteiger partial charge in [0.05, 0.1) is 29.8 Å². The van der Waals surface area contributed by atoms with Crippen LogP contribution in [0.4, 0.5) is 0 Å². The minimum atomic E-state index is 0.0755. The highest BCUT2D eigenvalue weighted by atomic mass is 79.9. The number of nitrogens with zero attached hydrogens (tertiary/aromatic N) is 5. The summed E-state index contributed by atoms with van der Waals surface area (Å²) in [6.07, 6.45) is 6.02. The zero-order valence-electron chi connectivity index (χ0n) is 23.7. The summed E-state index contributed by atoms with van der Waals surface area (Å²) in [4.78, 5) is 22.9. The Bertz CT molecular complexity index is 1800. The first-order valence-corrected chi connectivity index (χ1v) is 15.0. The van der Waals surface area contributed by atoms with E-state index in [1.54, 1.807) is 0 Å². The first-order valence-electron chi connectivity index (χ1n) is 14.2. The lowest BCUT2D eigenvalue weighted by Crippen LogP contribution is -2.47. The number of ether oxygens (including phenoxy) is 2. The molecule has 2 aliphatic heterocycles. The SMILES string of the molecule is Cc1ncn(Cc2ccc3c(c2)OCO3)c1Cn1cc(C(=O)N2CCN(C)CC2)c(-c2cc(Br)cc3ccccc23)c1. The molecule has 0 atom stereocenters. The lowest BCUT2D eigenvalue weighted by Gasteiger charge is -2.32. The number of carbonyl (C=O) groups excluding carboxylic acids is 1. The Morgan fingerprint density at radius 1 is 0.929 bits per heavy atom. The molecule has 5 aromatic rings. The van der Waals surface area contributed by atoms with E-state index in [1.807, 2.05) is 42.5 Å². The average Bonchev–Trinajstić information content (AvgIpc) is 3.72. The van der Waals surface area contributed by atoms with Gasteiger partial charge in [-0.3, -0.25) is 4.79 Å². The van der Waals surface area contributed by atoms with Gasteiger partial charge in [0.2, 0.25) is 6.79 Å². The Balaban J connectivity index is 1.27. The van der Waals surface area contributed by atoms with Crippen molar-refractivity contribution in [3.8, 4) is 22.6 Å². The molecule has 0 saturated carbocycles. The van der Waals surface area contributed by atoms with E-state index in [-0.39, 0.29) is 12.7 Å².